The highest BCUT2D eigenvalue weighted by Gasteiger charge is 2.23. The Kier molecular flexibility index (Phi) is 2.32. The van der Waals surface area contributed by atoms with Crippen molar-refractivity contribution in [2.24, 2.45) is 5.92 Å². The summed E-state index contributed by atoms with van der Waals surface area (Å²) < 4.78 is 12.9. The Bertz CT molecular complexity index is 298. The highest BCUT2D eigenvalue weighted by Crippen LogP contribution is 2.28. The van der Waals surface area contributed by atoms with Crippen LogP contribution in [0.5, 0.6) is 0 Å². The molecule has 1 saturated heterocycles. The van der Waals surface area contributed by atoms with Gasteiger partial charge < -0.3 is 5.32 Å². The molecule has 2 unspecified atom stereocenters. The van der Waals surface area contributed by atoms with Crippen LogP contribution < -0.4 is 5.32 Å². The number of halogens is 1. The van der Waals surface area contributed by atoms with Gasteiger partial charge in [-0.3, -0.25) is 0 Å². The van der Waals surface area contributed by atoms with E-state index in [2.05, 4.69) is 12.2 Å². The average Bonchev–Trinajstić information content (AvgIpc) is 2.51. The number of rotatable bonds is 1. The molecule has 1 aromatic rings. The van der Waals surface area contributed by atoms with E-state index < -0.39 is 0 Å². The van der Waals surface area contributed by atoms with Gasteiger partial charge in [-0.15, -0.1) is 0 Å². The number of hydrogen-bond acceptors (Lipinski definition) is 1. The second-order valence-corrected chi connectivity index (χ2v) is 3.75. The first kappa shape index (κ1) is 8.70. The Morgan fingerprint density at radius 1 is 1.46 bits per heavy atom. The minimum atomic E-state index is -0.140. The largest absolute Gasteiger partial charge is 0.310 e. The highest BCUT2D eigenvalue weighted by atomic mass is 19.1. The van der Waals surface area contributed by atoms with Crippen LogP contribution in [-0.4, -0.2) is 6.54 Å². The lowest BCUT2D eigenvalue weighted by Gasteiger charge is -2.15. The molecule has 1 N–H and O–H groups in total. The van der Waals surface area contributed by atoms with Crippen molar-refractivity contribution in [2.75, 3.05) is 6.54 Å². The Labute approximate surface area is 78.0 Å². The van der Waals surface area contributed by atoms with Crippen molar-refractivity contribution in [3.63, 3.8) is 0 Å². The summed E-state index contributed by atoms with van der Waals surface area (Å²) in [6.07, 6.45) is 1.18. The van der Waals surface area contributed by atoms with Crippen LogP contribution >= 0.6 is 0 Å². The van der Waals surface area contributed by atoms with Gasteiger partial charge in [0.2, 0.25) is 0 Å². The van der Waals surface area contributed by atoms with E-state index in [-0.39, 0.29) is 5.82 Å². The Morgan fingerprint density at radius 2 is 2.31 bits per heavy atom. The van der Waals surface area contributed by atoms with E-state index in [1.54, 1.807) is 12.1 Å². The summed E-state index contributed by atoms with van der Waals surface area (Å²) in [5.74, 6) is 0.472. The third-order valence-corrected chi connectivity index (χ3v) is 2.74. The molecule has 0 bridgehead atoms. The summed E-state index contributed by atoms with van der Waals surface area (Å²) >= 11 is 0. The lowest BCUT2D eigenvalue weighted by Crippen LogP contribution is -2.16. The molecular formula is C11H14FN. The predicted octanol–water partition coefficient (Wildman–Crippen LogP) is 2.50. The molecule has 0 aliphatic carbocycles. The van der Waals surface area contributed by atoms with Crippen LogP contribution in [0.25, 0.3) is 0 Å². The summed E-state index contributed by atoms with van der Waals surface area (Å²) in [5, 5.41) is 3.38. The molecule has 0 radical (unpaired) electrons. The van der Waals surface area contributed by atoms with Crippen LogP contribution in [0, 0.1) is 11.7 Å². The molecule has 2 rings (SSSR count). The standard InChI is InChI=1S/C11H14FN/c1-8-5-6-13-11(8)9-3-2-4-10(12)7-9/h2-4,7-8,11,13H,5-6H2,1H3. The highest BCUT2D eigenvalue weighted by molar-refractivity contribution is 5.21. The van der Waals surface area contributed by atoms with Gasteiger partial charge in [0, 0.05) is 6.04 Å². The van der Waals surface area contributed by atoms with Crippen molar-refractivity contribution in [3.8, 4) is 0 Å². The van der Waals surface area contributed by atoms with E-state index in [1.807, 2.05) is 6.07 Å². The van der Waals surface area contributed by atoms with Gasteiger partial charge in [0.05, 0.1) is 0 Å². The van der Waals surface area contributed by atoms with Gasteiger partial charge in [-0.2, -0.15) is 0 Å². The number of hydrogen-bond donors (Lipinski definition) is 1. The molecule has 70 valence electrons. The summed E-state index contributed by atoms with van der Waals surface area (Å²) in [6, 6.07) is 7.22. The molecule has 1 aliphatic rings. The SMILES string of the molecule is CC1CCNC1c1cccc(F)c1. The summed E-state index contributed by atoms with van der Waals surface area (Å²) in [4.78, 5) is 0. The molecule has 0 aromatic heterocycles. The quantitative estimate of drug-likeness (QED) is 0.698. The average molecular weight is 179 g/mol. The van der Waals surface area contributed by atoms with Crippen molar-refractivity contribution in [1.82, 2.24) is 5.32 Å². The minimum Gasteiger partial charge on any atom is -0.310 e. The van der Waals surface area contributed by atoms with Crippen molar-refractivity contribution in [3.05, 3.63) is 35.6 Å². The maximum Gasteiger partial charge on any atom is 0.123 e. The van der Waals surface area contributed by atoms with Crippen LogP contribution in [0.4, 0.5) is 4.39 Å². The second kappa shape index (κ2) is 3.46. The van der Waals surface area contributed by atoms with Gasteiger partial charge in [0.25, 0.3) is 0 Å². The molecule has 1 nitrogen and oxygen atoms in total. The number of benzene rings is 1. The Morgan fingerprint density at radius 3 is 2.92 bits per heavy atom. The monoisotopic (exact) mass is 179 g/mol. The Hall–Kier alpha value is -0.890. The normalized spacial score (nSPS) is 27.8. The molecule has 1 aromatic carbocycles. The maximum atomic E-state index is 12.9. The van der Waals surface area contributed by atoms with Crippen molar-refractivity contribution < 1.29 is 4.39 Å². The molecule has 1 aliphatic heterocycles. The molecule has 0 spiro atoms. The van der Waals surface area contributed by atoms with Crippen LogP contribution in [0.2, 0.25) is 0 Å². The van der Waals surface area contributed by atoms with Gasteiger partial charge in [0.15, 0.2) is 0 Å². The summed E-state index contributed by atoms with van der Waals surface area (Å²) in [5.41, 5.74) is 1.07. The predicted molar refractivity (Wildman–Crippen MR) is 50.9 cm³/mol. The molecule has 0 saturated carbocycles. The summed E-state index contributed by atoms with van der Waals surface area (Å²) in [7, 11) is 0. The maximum absolute atomic E-state index is 12.9. The van der Waals surface area contributed by atoms with Gasteiger partial charge in [-0.25, -0.2) is 4.39 Å². The fraction of sp³-hybridized carbons (Fsp3) is 0.455. The molecular weight excluding hydrogens is 165 g/mol. The summed E-state index contributed by atoms with van der Waals surface area (Å²) in [6.45, 7) is 3.25. The van der Waals surface area contributed by atoms with Crippen molar-refractivity contribution in [1.29, 1.82) is 0 Å². The lowest BCUT2D eigenvalue weighted by molar-refractivity contribution is 0.500. The van der Waals surface area contributed by atoms with E-state index in [4.69, 9.17) is 0 Å². The van der Waals surface area contributed by atoms with Crippen LogP contribution in [-0.2, 0) is 0 Å². The van der Waals surface area contributed by atoms with Crippen molar-refractivity contribution >= 4 is 0 Å². The van der Waals surface area contributed by atoms with Gasteiger partial charge in [-0.1, -0.05) is 19.1 Å². The molecule has 2 heteroatoms. The molecule has 13 heavy (non-hydrogen) atoms. The fourth-order valence-electron chi connectivity index (χ4n) is 1.98. The van der Waals surface area contributed by atoms with Gasteiger partial charge in [-0.05, 0) is 36.6 Å². The first-order valence-corrected chi connectivity index (χ1v) is 4.76. The Balaban J connectivity index is 2.24. The first-order valence-electron chi connectivity index (χ1n) is 4.76. The zero-order valence-corrected chi connectivity index (χ0v) is 7.76. The van der Waals surface area contributed by atoms with E-state index in [9.17, 15) is 4.39 Å². The second-order valence-electron chi connectivity index (χ2n) is 3.75. The minimum absolute atomic E-state index is 0.140. The molecule has 2 atom stereocenters. The first-order chi connectivity index (χ1) is 6.27. The van der Waals surface area contributed by atoms with E-state index in [0.717, 1.165) is 12.1 Å². The van der Waals surface area contributed by atoms with Crippen LogP contribution in [0.1, 0.15) is 24.9 Å². The third kappa shape index (κ3) is 1.73. The zero-order chi connectivity index (χ0) is 9.26. The molecule has 0 amide bonds. The van der Waals surface area contributed by atoms with Crippen LogP contribution in [0.15, 0.2) is 24.3 Å². The van der Waals surface area contributed by atoms with Crippen molar-refractivity contribution in [2.45, 2.75) is 19.4 Å². The van der Waals surface area contributed by atoms with Gasteiger partial charge in [0.1, 0.15) is 5.82 Å². The van der Waals surface area contributed by atoms with E-state index in [1.165, 1.54) is 12.5 Å². The smallest absolute Gasteiger partial charge is 0.123 e. The zero-order valence-electron chi connectivity index (χ0n) is 7.76. The molecule has 1 heterocycles. The third-order valence-electron chi connectivity index (χ3n) is 2.74. The topological polar surface area (TPSA) is 12.0 Å². The molecule has 1 fully saturated rings. The van der Waals surface area contributed by atoms with E-state index in [0.29, 0.717) is 12.0 Å². The number of nitrogens with one attached hydrogen (secondary N) is 1. The van der Waals surface area contributed by atoms with Gasteiger partial charge >= 0.3 is 0 Å². The van der Waals surface area contributed by atoms with E-state index >= 15 is 0 Å². The van der Waals surface area contributed by atoms with Crippen LogP contribution in [0.3, 0.4) is 0 Å². The fourth-order valence-corrected chi connectivity index (χ4v) is 1.98. The lowest BCUT2D eigenvalue weighted by atomic mass is 9.96.